The number of rotatable bonds is 2. The quantitative estimate of drug-likeness (QED) is 0.755. The largest absolute Gasteiger partial charge is 0.301 e. The summed E-state index contributed by atoms with van der Waals surface area (Å²) < 4.78 is 2.05. The van der Waals surface area contributed by atoms with Crippen LogP contribution in [0, 0.1) is 0 Å². The number of nitrogens with zero attached hydrogens (tertiary/aromatic N) is 5. The van der Waals surface area contributed by atoms with Gasteiger partial charge >= 0.3 is 0 Å². The van der Waals surface area contributed by atoms with Crippen molar-refractivity contribution in [2.75, 3.05) is 19.6 Å². The summed E-state index contributed by atoms with van der Waals surface area (Å²) >= 11 is 0. The zero-order chi connectivity index (χ0) is 11.0. The van der Waals surface area contributed by atoms with Crippen molar-refractivity contribution in [3.8, 4) is 0 Å². The van der Waals surface area contributed by atoms with Gasteiger partial charge in [0, 0.05) is 19.3 Å². The van der Waals surface area contributed by atoms with Crippen molar-refractivity contribution < 1.29 is 0 Å². The minimum Gasteiger partial charge on any atom is -0.301 e. The molecule has 0 bridgehead atoms. The third kappa shape index (κ3) is 1.48. The van der Waals surface area contributed by atoms with Crippen LogP contribution in [0.4, 0.5) is 0 Å². The molecule has 1 aliphatic heterocycles. The van der Waals surface area contributed by atoms with Gasteiger partial charge in [0.05, 0.1) is 17.8 Å². The molecule has 1 aliphatic rings. The van der Waals surface area contributed by atoms with Gasteiger partial charge in [0.25, 0.3) is 0 Å². The number of aromatic nitrogens is 4. The maximum absolute atomic E-state index is 4.25. The van der Waals surface area contributed by atoms with Gasteiger partial charge in [-0.2, -0.15) is 0 Å². The molecule has 5 heteroatoms. The maximum atomic E-state index is 4.25. The lowest BCUT2D eigenvalue weighted by molar-refractivity contribution is 0.336. The Morgan fingerprint density at radius 2 is 2.44 bits per heavy atom. The monoisotopic (exact) mass is 217 g/mol. The fourth-order valence-electron chi connectivity index (χ4n) is 2.36. The second-order valence-electron chi connectivity index (χ2n) is 4.23. The van der Waals surface area contributed by atoms with Crippen molar-refractivity contribution in [1.29, 1.82) is 0 Å². The van der Waals surface area contributed by atoms with E-state index in [4.69, 9.17) is 0 Å². The van der Waals surface area contributed by atoms with Gasteiger partial charge in [-0.15, -0.1) is 5.10 Å². The molecule has 0 spiro atoms. The lowest BCUT2D eigenvalue weighted by atomic mass is 10.2. The lowest BCUT2D eigenvalue weighted by Gasteiger charge is -2.13. The van der Waals surface area contributed by atoms with Gasteiger partial charge < -0.3 is 4.90 Å². The number of hydrogen-bond acceptors (Lipinski definition) is 4. The van der Waals surface area contributed by atoms with E-state index < -0.39 is 0 Å². The molecule has 0 amide bonds. The van der Waals surface area contributed by atoms with Crippen LogP contribution in [0.25, 0.3) is 11.0 Å². The fourth-order valence-corrected chi connectivity index (χ4v) is 2.36. The van der Waals surface area contributed by atoms with Gasteiger partial charge in [0.2, 0.25) is 0 Å². The van der Waals surface area contributed by atoms with E-state index in [-0.39, 0.29) is 0 Å². The molecule has 1 unspecified atom stereocenters. The molecule has 0 N–H and O–H groups in total. The number of hydrogen-bond donors (Lipinski definition) is 0. The van der Waals surface area contributed by atoms with Crippen molar-refractivity contribution in [2.45, 2.75) is 19.4 Å². The van der Waals surface area contributed by atoms with Crippen LogP contribution in [0.1, 0.15) is 19.4 Å². The topological polar surface area (TPSA) is 46.8 Å². The predicted molar refractivity (Wildman–Crippen MR) is 61.1 cm³/mol. The van der Waals surface area contributed by atoms with Crippen molar-refractivity contribution in [1.82, 2.24) is 24.9 Å². The Morgan fingerprint density at radius 3 is 3.25 bits per heavy atom. The first-order valence-electron chi connectivity index (χ1n) is 5.75. The first-order valence-corrected chi connectivity index (χ1v) is 5.75. The molecule has 2 aromatic heterocycles. The van der Waals surface area contributed by atoms with Gasteiger partial charge in [-0.3, -0.25) is 4.98 Å². The first-order chi connectivity index (χ1) is 7.88. The highest BCUT2D eigenvalue weighted by molar-refractivity contribution is 5.72. The van der Waals surface area contributed by atoms with Gasteiger partial charge in [0.15, 0.2) is 0 Å². The standard InChI is InChI=1S/C11H15N5/c1-2-15-6-4-9(8-15)16-11-3-5-12-7-10(11)13-14-16/h3,5,7,9H,2,4,6,8H2,1H3. The van der Waals surface area contributed by atoms with Crippen LogP contribution in [0.15, 0.2) is 18.5 Å². The third-order valence-corrected chi connectivity index (χ3v) is 3.31. The molecule has 1 fully saturated rings. The highest BCUT2D eigenvalue weighted by Crippen LogP contribution is 2.23. The van der Waals surface area contributed by atoms with Crippen LogP contribution in [-0.4, -0.2) is 44.5 Å². The summed E-state index contributed by atoms with van der Waals surface area (Å²) in [6.45, 7) is 5.56. The van der Waals surface area contributed by atoms with Crippen molar-refractivity contribution in [3.63, 3.8) is 0 Å². The zero-order valence-corrected chi connectivity index (χ0v) is 9.37. The van der Waals surface area contributed by atoms with Crippen molar-refractivity contribution in [3.05, 3.63) is 18.5 Å². The average Bonchev–Trinajstić information content (AvgIpc) is 2.94. The Morgan fingerprint density at radius 1 is 1.50 bits per heavy atom. The van der Waals surface area contributed by atoms with Crippen LogP contribution < -0.4 is 0 Å². The van der Waals surface area contributed by atoms with E-state index in [2.05, 4.69) is 27.1 Å². The van der Waals surface area contributed by atoms with Gasteiger partial charge in [-0.25, -0.2) is 4.68 Å². The molecule has 3 heterocycles. The van der Waals surface area contributed by atoms with Gasteiger partial charge in [-0.05, 0) is 19.0 Å². The molecule has 0 saturated carbocycles. The minimum absolute atomic E-state index is 0.465. The zero-order valence-electron chi connectivity index (χ0n) is 9.37. The molecule has 16 heavy (non-hydrogen) atoms. The van der Waals surface area contributed by atoms with E-state index in [1.807, 2.05) is 10.7 Å². The van der Waals surface area contributed by atoms with Crippen molar-refractivity contribution >= 4 is 11.0 Å². The summed E-state index contributed by atoms with van der Waals surface area (Å²) in [4.78, 5) is 6.50. The van der Waals surface area contributed by atoms with Crippen molar-refractivity contribution in [2.24, 2.45) is 0 Å². The highest BCUT2D eigenvalue weighted by atomic mass is 15.5. The first kappa shape index (κ1) is 9.72. The highest BCUT2D eigenvalue weighted by Gasteiger charge is 2.24. The fraction of sp³-hybridized carbons (Fsp3) is 0.545. The molecule has 0 radical (unpaired) electrons. The lowest BCUT2D eigenvalue weighted by Crippen LogP contribution is -2.21. The number of pyridine rings is 1. The van der Waals surface area contributed by atoms with E-state index in [9.17, 15) is 0 Å². The molecule has 3 rings (SSSR count). The Hall–Kier alpha value is -1.49. The Bertz CT molecular complexity index is 492. The number of fused-ring (bicyclic) bond motifs is 1. The second-order valence-corrected chi connectivity index (χ2v) is 4.23. The average molecular weight is 217 g/mol. The Kier molecular flexibility index (Phi) is 2.32. The summed E-state index contributed by atoms with van der Waals surface area (Å²) in [5.41, 5.74) is 1.98. The summed E-state index contributed by atoms with van der Waals surface area (Å²) in [6, 6.07) is 2.46. The molecule has 1 saturated heterocycles. The van der Waals surface area contributed by atoms with Crippen LogP contribution in [0.5, 0.6) is 0 Å². The number of likely N-dealkylation sites (N-methyl/N-ethyl adjacent to an activating group) is 1. The minimum atomic E-state index is 0.465. The molecule has 84 valence electrons. The molecular formula is C11H15N5. The van der Waals surface area contributed by atoms with Crippen LogP contribution in [0.2, 0.25) is 0 Å². The SMILES string of the molecule is CCN1CCC(n2nnc3cnccc32)C1. The van der Waals surface area contributed by atoms with Crippen LogP contribution in [0.3, 0.4) is 0 Å². The molecule has 5 nitrogen and oxygen atoms in total. The number of likely N-dealkylation sites (tertiary alicyclic amines) is 1. The van der Waals surface area contributed by atoms with E-state index in [1.165, 1.54) is 0 Å². The van der Waals surface area contributed by atoms with Crippen LogP contribution in [-0.2, 0) is 0 Å². The molecule has 0 aromatic carbocycles. The Labute approximate surface area is 94.1 Å². The maximum Gasteiger partial charge on any atom is 0.131 e. The van der Waals surface area contributed by atoms with E-state index >= 15 is 0 Å². The van der Waals surface area contributed by atoms with E-state index in [0.717, 1.165) is 37.1 Å². The van der Waals surface area contributed by atoms with E-state index in [0.29, 0.717) is 6.04 Å². The summed E-state index contributed by atoms with van der Waals surface area (Å²) in [6.07, 6.45) is 4.73. The van der Waals surface area contributed by atoms with Gasteiger partial charge in [-0.1, -0.05) is 12.1 Å². The van der Waals surface area contributed by atoms with Crippen LogP contribution >= 0.6 is 0 Å². The summed E-state index contributed by atoms with van der Waals surface area (Å²) in [7, 11) is 0. The van der Waals surface area contributed by atoms with Gasteiger partial charge in [0.1, 0.15) is 5.52 Å². The second kappa shape index (κ2) is 3.83. The van der Waals surface area contributed by atoms with E-state index in [1.54, 1.807) is 12.4 Å². The molecule has 2 aromatic rings. The molecule has 1 atom stereocenters. The molecule has 0 aliphatic carbocycles. The normalized spacial score (nSPS) is 21.9. The third-order valence-electron chi connectivity index (χ3n) is 3.31. The Balaban J connectivity index is 1.95. The predicted octanol–water partition coefficient (Wildman–Crippen LogP) is 1.09. The smallest absolute Gasteiger partial charge is 0.131 e. The molecular weight excluding hydrogens is 202 g/mol. The summed E-state index contributed by atoms with van der Waals surface area (Å²) in [5.74, 6) is 0. The summed E-state index contributed by atoms with van der Waals surface area (Å²) in [5, 5.41) is 8.39.